The minimum absolute atomic E-state index is 0.0169. The van der Waals surface area contributed by atoms with Crippen LogP contribution >= 0.6 is 0 Å². The van der Waals surface area contributed by atoms with E-state index in [1.807, 2.05) is 13.8 Å². The number of hydrogen-bond donors (Lipinski definition) is 2. The Bertz CT molecular complexity index is 1300. The van der Waals surface area contributed by atoms with Crippen molar-refractivity contribution in [3.05, 3.63) is 53.3 Å². The molecule has 3 rings (SSSR count). The maximum atomic E-state index is 16.4. The second kappa shape index (κ2) is 13.0. The highest BCUT2D eigenvalue weighted by Gasteiger charge is 2.47. The summed E-state index contributed by atoms with van der Waals surface area (Å²) in [5.41, 5.74) is -1.82. The largest absolute Gasteiger partial charge is 0.487 e. The van der Waals surface area contributed by atoms with Gasteiger partial charge < -0.3 is 19.9 Å². The van der Waals surface area contributed by atoms with E-state index in [2.05, 4.69) is 5.32 Å². The minimum atomic E-state index is -5.49. The first-order valence-electron chi connectivity index (χ1n) is 13.4. The van der Waals surface area contributed by atoms with Gasteiger partial charge in [-0.25, -0.2) is 9.18 Å². The van der Waals surface area contributed by atoms with Crippen LogP contribution in [0, 0.1) is 5.82 Å². The smallest absolute Gasteiger partial charge is 0.471 e. The number of alkyl halides is 3. The van der Waals surface area contributed by atoms with Crippen molar-refractivity contribution in [1.82, 2.24) is 5.32 Å². The van der Waals surface area contributed by atoms with E-state index >= 15 is 4.39 Å². The molecule has 1 heterocycles. The molecule has 13 heteroatoms. The number of carbonyl (C=O) groups is 3. The van der Waals surface area contributed by atoms with Crippen LogP contribution in [0.15, 0.2) is 36.4 Å². The molecule has 0 radical (unpaired) electrons. The van der Waals surface area contributed by atoms with Gasteiger partial charge in [-0.15, -0.1) is 0 Å². The van der Waals surface area contributed by atoms with E-state index < -0.39 is 59.6 Å². The molecule has 0 aliphatic carbocycles. The summed E-state index contributed by atoms with van der Waals surface area (Å²) in [7, 11) is 0. The third-order valence-corrected chi connectivity index (χ3v) is 6.57. The molecule has 0 unspecified atom stereocenters. The summed E-state index contributed by atoms with van der Waals surface area (Å²) in [4.78, 5) is 38.4. The molecule has 2 amide bonds. The summed E-state index contributed by atoms with van der Waals surface area (Å²) in [6.45, 7) is 6.88. The molecule has 1 aliphatic heterocycles. The number of hydrogen-bond acceptors (Lipinski definition) is 6. The van der Waals surface area contributed by atoms with Gasteiger partial charge in [-0.3, -0.25) is 19.4 Å². The van der Waals surface area contributed by atoms with Crippen LogP contribution < -0.4 is 19.9 Å². The normalized spacial score (nSPS) is 15.6. The summed E-state index contributed by atoms with van der Waals surface area (Å²) in [6.07, 6.45) is -6.34. The predicted octanol–water partition coefficient (Wildman–Crippen LogP) is 5.44. The molecule has 9 nitrogen and oxygen atoms in total. The molecule has 42 heavy (non-hydrogen) atoms. The van der Waals surface area contributed by atoms with Crippen LogP contribution in [-0.2, 0) is 27.4 Å². The molecule has 0 saturated carbocycles. The Kier molecular flexibility index (Phi) is 10.1. The van der Waals surface area contributed by atoms with Gasteiger partial charge in [-0.1, -0.05) is 37.3 Å². The van der Waals surface area contributed by atoms with E-state index in [0.717, 1.165) is 17.4 Å². The van der Waals surface area contributed by atoms with Gasteiger partial charge in [0.2, 0.25) is 0 Å². The number of rotatable bonds is 10. The van der Waals surface area contributed by atoms with Crippen LogP contribution in [0.1, 0.15) is 52.2 Å². The highest BCUT2D eigenvalue weighted by Crippen LogP contribution is 2.45. The number of benzene rings is 2. The quantitative estimate of drug-likeness (QED) is 0.278. The van der Waals surface area contributed by atoms with Crippen LogP contribution in [0.2, 0.25) is 0 Å². The van der Waals surface area contributed by atoms with Gasteiger partial charge >= 0.3 is 24.1 Å². The lowest BCUT2D eigenvalue weighted by molar-refractivity contribution is -0.171. The topological polar surface area (TPSA) is 108 Å². The van der Waals surface area contributed by atoms with Crippen molar-refractivity contribution in [3.8, 4) is 5.75 Å². The van der Waals surface area contributed by atoms with Gasteiger partial charge in [0, 0.05) is 24.2 Å². The molecule has 2 N–H and O–H groups in total. The van der Waals surface area contributed by atoms with Gasteiger partial charge in [0.1, 0.15) is 30.2 Å². The number of halogens is 4. The average molecular weight is 598 g/mol. The molecular weight excluding hydrogens is 562 g/mol. The molecule has 230 valence electrons. The van der Waals surface area contributed by atoms with Gasteiger partial charge in [-0.05, 0) is 46.1 Å². The van der Waals surface area contributed by atoms with E-state index in [1.54, 1.807) is 30.3 Å². The van der Waals surface area contributed by atoms with Crippen molar-refractivity contribution in [3.63, 3.8) is 0 Å². The monoisotopic (exact) mass is 597 g/mol. The van der Waals surface area contributed by atoms with Crippen LogP contribution in [0.25, 0.3) is 0 Å². The van der Waals surface area contributed by atoms with E-state index in [1.165, 1.54) is 20.8 Å². The van der Waals surface area contributed by atoms with Crippen LogP contribution in [0.5, 0.6) is 5.75 Å². The van der Waals surface area contributed by atoms with Gasteiger partial charge in [0.15, 0.2) is 5.82 Å². The van der Waals surface area contributed by atoms with Crippen LogP contribution in [-0.4, -0.2) is 60.0 Å². The van der Waals surface area contributed by atoms with E-state index in [0.29, 0.717) is 5.56 Å². The Morgan fingerprint density at radius 3 is 2.36 bits per heavy atom. The Labute approximate surface area is 241 Å². The van der Waals surface area contributed by atoms with E-state index in [4.69, 9.17) is 9.47 Å². The predicted molar refractivity (Wildman–Crippen MR) is 147 cm³/mol. The number of carboxylic acid groups (broad SMARTS) is 1. The van der Waals surface area contributed by atoms with E-state index in [9.17, 15) is 32.7 Å². The first-order chi connectivity index (χ1) is 19.5. The first kappa shape index (κ1) is 32.6. The molecule has 2 atom stereocenters. The third-order valence-electron chi connectivity index (χ3n) is 6.57. The number of fused-ring (bicyclic) bond motifs is 1. The zero-order valence-electron chi connectivity index (χ0n) is 24.0. The molecule has 0 saturated heterocycles. The highest BCUT2D eigenvalue weighted by atomic mass is 19.4. The summed E-state index contributed by atoms with van der Waals surface area (Å²) in [6, 6.07) is 8.73. The zero-order chi connectivity index (χ0) is 31.4. The second-order valence-corrected chi connectivity index (χ2v) is 11.0. The molecule has 2 aromatic carbocycles. The second-order valence-electron chi connectivity index (χ2n) is 11.0. The van der Waals surface area contributed by atoms with E-state index in [-0.39, 0.29) is 41.8 Å². The fraction of sp³-hybridized carbons (Fsp3) is 0.483. The van der Waals surface area contributed by atoms with Crippen molar-refractivity contribution in [1.29, 1.82) is 0 Å². The standard InChI is InChI=1S/C29H35F4N3O6/c1-6-17(2)34-14-19-12-20-21(36(19)27(39)40)13-22(41-16-18-10-8-7-9-11-18)25(24(20)30)35(26(38)29(31,32)33)15-23(37)42-28(3,4)5/h7-11,13,17,19,34H,6,12,14-16H2,1-5H3,(H,39,40)/t17-,19-/m1/s1. The fourth-order valence-electron chi connectivity index (χ4n) is 4.49. The lowest BCUT2D eigenvalue weighted by Gasteiger charge is -2.28. The maximum Gasteiger partial charge on any atom is 0.471 e. The van der Waals surface area contributed by atoms with Crippen LogP contribution in [0.3, 0.4) is 0 Å². The highest BCUT2D eigenvalue weighted by molar-refractivity contribution is 6.03. The lowest BCUT2D eigenvalue weighted by atomic mass is 10.1. The van der Waals surface area contributed by atoms with Gasteiger partial charge in [0.25, 0.3) is 0 Å². The van der Waals surface area contributed by atoms with Gasteiger partial charge in [0.05, 0.1) is 11.7 Å². The number of amides is 2. The maximum absolute atomic E-state index is 16.4. The fourth-order valence-corrected chi connectivity index (χ4v) is 4.49. The molecule has 2 aromatic rings. The number of anilines is 2. The molecule has 0 bridgehead atoms. The Morgan fingerprint density at radius 1 is 1.17 bits per heavy atom. The molecule has 0 fully saturated rings. The molecular formula is C29H35F4N3O6. The Morgan fingerprint density at radius 2 is 1.81 bits per heavy atom. The third kappa shape index (κ3) is 7.90. The SMILES string of the molecule is CC[C@@H](C)NC[C@H]1Cc2c(cc(OCc3ccccc3)c(N(CC(=O)OC(C)(C)C)C(=O)C(F)(F)F)c2F)N1C(=O)O. The lowest BCUT2D eigenvalue weighted by Crippen LogP contribution is -2.46. The average Bonchev–Trinajstić information content (AvgIpc) is 3.27. The minimum Gasteiger partial charge on any atom is -0.487 e. The zero-order valence-corrected chi connectivity index (χ0v) is 24.0. The summed E-state index contributed by atoms with van der Waals surface area (Å²) in [5, 5.41) is 13.2. The number of ether oxygens (including phenoxy) is 2. The van der Waals surface area contributed by atoms with Crippen LogP contribution in [0.4, 0.5) is 33.7 Å². The number of carbonyl (C=O) groups excluding carboxylic acids is 2. The van der Waals surface area contributed by atoms with Crippen molar-refractivity contribution >= 4 is 29.3 Å². The summed E-state index contributed by atoms with van der Waals surface area (Å²) >= 11 is 0. The van der Waals surface area contributed by atoms with Gasteiger partial charge in [-0.2, -0.15) is 13.2 Å². The number of esters is 1. The van der Waals surface area contributed by atoms with Crippen molar-refractivity contribution in [2.75, 3.05) is 22.9 Å². The Balaban J connectivity index is 2.18. The molecule has 1 aliphatic rings. The molecule has 0 aromatic heterocycles. The summed E-state index contributed by atoms with van der Waals surface area (Å²) < 4.78 is 68.7. The first-order valence-corrected chi connectivity index (χ1v) is 13.4. The van der Waals surface area contributed by atoms with Crippen molar-refractivity contribution < 1.29 is 46.5 Å². The van der Waals surface area contributed by atoms with Crippen molar-refractivity contribution in [2.24, 2.45) is 0 Å². The molecule has 0 spiro atoms. The number of nitrogens with zero attached hydrogens (tertiary/aromatic N) is 2. The number of nitrogens with one attached hydrogen (secondary N) is 1. The van der Waals surface area contributed by atoms with Crippen molar-refractivity contribution in [2.45, 2.75) is 77.9 Å². The Hall–Kier alpha value is -3.87. The summed E-state index contributed by atoms with van der Waals surface area (Å²) in [5.74, 6) is -5.57.